The van der Waals surface area contributed by atoms with Crippen LogP contribution in [0, 0.1) is 6.92 Å². The number of primary amides is 1. The first-order valence-corrected chi connectivity index (χ1v) is 8.63. The first-order chi connectivity index (χ1) is 12.0. The Hall–Kier alpha value is -2.82. The predicted octanol–water partition coefficient (Wildman–Crippen LogP) is 3.01. The van der Waals surface area contributed by atoms with Crippen molar-refractivity contribution in [2.45, 2.75) is 38.8 Å². The van der Waals surface area contributed by atoms with Crippen LogP contribution in [0.5, 0.6) is 0 Å². The topological polar surface area (TPSA) is 63.6 Å². The molecule has 0 spiro atoms. The maximum Gasteiger partial charge on any atom is 0.225 e. The quantitative estimate of drug-likeness (QED) is 0.801. The summed E-state index contributed by atoms with van der Waals surface area (Å²) in [5.74, 6) is -0.465. The van der Waals surface area contributed by atoms with E-state index in [9.17, 15) is 4.79 Å². The maximum absolute atomic E-state index is 11.9. The Morgan fingerprint density at radius 2 is 2.04 bits per heavy atom. The van der Waals surface area contributed by atoms with Crippen LogP contribution in [0.25, 0.3) is 5.65 Å². The van der Waals surface area contributed by atoms with Crippen LogP contribution in [-0.4, -0.2) is 21.3 Å². The number of amides is 1. The number of nitrogens with two attached hydrogens (primary N) is 1. The molecule has 0 saturated carbocycles. The molecule has 2 N–H and O–H groups in total. The van der Waals surface area contributed by atoms with E-state index in [0.29, 0.717) is 6.54 Å². The zero-order valence-electron chi connectivity index (χ0n) is 14.5. The second-order valence-electron chi connectivity index (χ2n) is 6.85. The summed E-state index contributed by atoms with van der Waals surface area (Å²) in [6, 6.07) is 14.4. The van der Waals surface area contributed by atoms with E-state index in [1.54, 1.807) is 0 Å². The number of carbonyl (C=O) groups excluding carboxylic acids is 1. The average Bonchev–Trinajstić information content (AvgIpc) is 3.01. The fourth-order valence-corrected chi connectivity index (χ4v) is 3.84. The summed E-state index contributed by atoms with van der Waals surface area (Å²) < 4.78 is 2.11. The molecule has 1 aromatic carbocycles. The number of nitrogens with zero attached hydrogens (tertiary/aromatic N) is 3. The van der Waals surface area contributed by atoms with E-state index in [0.717, 1.165) is 34.7 Å². The van der Waals surface area contributed by atoms with E-state index in [1.807, 2.05) is 30.3 Å². The molecule has 1 aliphatic heterocycles. The Bertz CT molecular complexity index is 946. The SMILES string of the molecule is Cc1cccc2nc(CN3c4ccccc4C(C(N)=O)CC3C)cn12. The second kappa shape index (κ2) is 5.92. The molecule has 2 aromatic heterocycles. The number of benzene rings is 1. The summed E-state index contributed by atoms with van der Waals surface area (Å²) in [6.45, 7) is 4.94. The molecule has 5 heteroatoms. The van der Waals surface area contributed by atoms with E-state index >= 15 is 0 Å². The number of pyridine rings is 1. The highest BCUT2D eigenvalue weighted by molar-refractivity contribution is 5.85. The Labute approximate surface area is 147 Å². The molecule has 25 heavy (non-hydrogen) atoms. The van der Waals surface area contributed by atoms with Crippen LogP contribution in [0.3, 0.4) is 0 Å². The third kappa shape index (κ3) is 2.65. The average molecular weight is 334 g/mol. The minimum Gasteiger partial charge on any atom is -0.369 e. The standard InChI is InChI=1S/C20H22N4O/c1-13-6-5-9-19-22-15(12-24(13)19)11-23-14(2)10-17(20(21)25)16-7-3-4-8-18(16)23/h3-9,12,14,17H,10-11H2,1-2H3,(H2,21,25). The Morgan fingerprint density at radius 1 is 1.24 bits per heavy atom. The number of hydrogen-bond acceptors (Lipinski definition) is 3. The first kappa shape index (κ1) is 15.7. The van der Waals surface area contributed by atoms with Crippen LogP contribution in [0.4, 0.5) is 5.69 Å². The van der Waals surface area contributed by atoms with Gasteiger partial charge in [0.15, 0.2) is 0 Å². The number of anilines is 1. The van der Waals surface area contributed by atoms with Crippen molar-refractivity contribution >= 4 is 17.2 Å². The number of carbonyl (C=O) groups is 1. The highest BCUT2D eigenvalue weighted by atomic mass is 16.1. The zero-order valence-corrected chi connectivity index (χ0v) is 14.5. The van der Waals surface area contributed by atoms with Gasteiger partial charge in [0.2, 0.25) is 5.91 Å². The lowest BCUT2D eigenvalue weighted by Crippen LogP contribution is -2.41. The Balaban J connectivity index is 1.72. The summed E-state index contributed by atoms with van der Waals surface area (Å²) in [5, 5.41) is 0. The first-order valence-electron chi connectivity index (χ1n) is 8.63. The van der Waals surface area contributed by atoms with Crippen LogP contribution < -0.4 is 10.6 Å². The molecule has 128 valence electrons. The minimum atomic E-state index is -0.248. The Morgan fingerprint density at radius 3 is 2.80 bits per heavy atom. The van der Waals surface area contributed by atoms with Crippen LogP contribution in [-0.2, 0) is 11.3 Å². The number of fused-ring (bicyclic) bond motifs is 2. The molecule has 0 fully saturated rings. The van der Waals surface area contributed by atoms with Gasteiger partial charge in [-0.2, -0.15) is 0 Å². The maximum atomic E-state index is 11.9. The number of aromatic nitrogens is 2. The fraction of sp³-hybridized carbons (Fsp3) is 0.300. The van der Waals surface area contributed by atoms with E-state index in [-0.39, 0.29) is 17.9 Å². The Kier molecular flexibility index (Phi) is 3.71. The highest BCUT2D eigenvalue weighted by Crippen LogP contribution is 2.38. The molecule has 4 rings (SSSR count). The van der Waals surface area contributed by atoms with Crippen LogP contribution in [0.1, 0.15) is 36.2 Å². The van der Waals surface area contributed by atoms with E-state index in [2.05, 4.69) is 41.5 Å². The molecule has 0 radical (unpaired) electrons. The molecule has 2 atom stereocenters. The van der Waals surface area contributed by atoms with Gasteiger partial charge in [-0.05, 0) is 44.0 Å². The van der Waals surface area contributed by atoms with Crippen LogP contribution in [0.2, 0.25) is 0 Å². The van der Waals surface area contributed by atoms with E-state index < -0.39 is 0 Å². The van der Waals surface area contributed by atoms with Gasteiger partial charge in [0.25, 0.3) is 0 Å². The van der Waals surface area contributed by atoms with Crippen molar-refractivity contribution in [3.63, 3.8) is 0 Å². The lowest BCUT2D eigenvalue weighted by Gasteiger charge is -2.39. The molecule has 1 amide bonds. The predicted molar refractivity (Wildman–Crippen MR) is 98.6 cm³/mol. The normalized spacial score (nSPS) is 19.8. The van der Waals surface area contributed by atoms with Crippen molar-refractivity contribution in [1.29, 1.82) is 0 Å². The minimum absolute atomic E-state index is 0.217. The number of para-hydroxylation sites is 1. The summed E-state index contributed by atoms with van der Waals surface area (Å²) in [7, 11) is 0. The van der Waals surface area contributed by atoms with Crippen molar-refractivity contribution < 1.29 is 4.79 Å². The van der Waals surface area contributed by atoms with E-state index in [4.69, 9.17) is 10.7 Å². The number of imidazole rings is 1. The second-order valence-corrected chi connectivity index (χ2v) is 6.85. The lowest BCUT2D eigenvalue weighted by atomic mass is 9.85. The largest absolute Gasteiger partial charge is 0.369 e. The van der Waals surface area contributed by atoms with Gasteiger partial charge in [0.1, 0.15) is 5.65 Å². The monoisotopic (exact) mass is 334 g/mol. The molecule has 0 bridgehead atoms. The molecule has 3 heterocycles. The summed E-state index contributed by atoms with van der Waals surface area (Å²) in [6.07, 6.45) is 2.83. The van der Waals surface area contributed by atoms with E-state index in [1.165, 1.54) is 0 Å². The van der Waals surface area contributed by atoms with Crippen LogP contribution >= 0.6 is 0 Å². The molecule has 3 aromatic rings. The van der Waals surface area contributed by atoms with Crippen molar-refractivity contribution in [3.05, 3.63) is 65.6 Å². The fourth-order valence-electron chi connectivity index (χ4n) is 3.84. The molecule has 0 saturated heterocycles. The molecule has 1 aliphatic rings. The van der Waals surface area contributed by atoms with Gasteiger partial charge in [0, 0.05) is 23.6 Å². The lowest BCUT2D eigenvalue weighted by molar-refractivity contribution is -0.119. The summed E-state index contributed by atoms with van der Waals surface area (Å²) in [4.78, 5) is 19.0. The zero-order chi connectivity index (χ0) is 17.6. The van der Waals surface area contributed by atoms with Crippen molar-refractivity contribution in [3.8, 4) is 0 Å². The third-order valence-electron chi connectivity index (χ3n) is 5.15. The van der Waals surface area contributed by atoms with Gasteiger partial charge in [-0.25, -0.2) is 4.98 Å². The number of rotatable bonds is 3. The molecular formula is C20H22N4O. The van der Waals surface area contributed by atoms with Crippen molar-refractivity contribution in [2.75, 3.05) is 4.90 Å². The molecule has 5 nitrogen and oxygen atoms in total. The van der Waals surface area contributed by atoms with Gasteiger partial charge in [-0.1, -0.05) is 24.3 Å². The summed E-state index contributed by atoms with van der Waals surface area (Å²) >= 11 is 0. The van der Waals surface area contributed by atoms with Crippen molar-refractivity contribution in [1.82, 2.24) is 9.38 Å². The van der Waals surface area contributed by atoms with Gasteiger partial charge in [-0.3, -0.25) is 4.79 Å². The highest BCUT2D eigenvalue weighted by Gasteiger charge is 2.33. The van der Waals surface area contributed by atoms with Gasteiger partial charge < -0.3 is 15.0 Å². The smallest absolute Gasteiger partial charge is 0.225 e. The molecular weight excluding hydrogens is 312 g/mol. The van der Waals surface area contributed by atoms with Gasteiger partial charge >= 0.3 is 0 Å². The number of hydrogen-bond donors (Lipinski definition) is 1. The molecule has 0 aliphatic carbocycles. The number of aryl methyl sites for hydroxylation is 1. The van der Waals surface area contributed by atoms with Crippen molar-refractivity contribution in [2.24, 2.45) is 5.73 Å². The van der Waals surface area contributed by atoms with Gasteiger partial charge in [-0.15, -0.1) is 0 Å². The summed E-state index contributed by atoms with van der Waals surface area (Å²) in [5.41, 5.74) is 10.9. The third-order valence-corrected chi connectivity index (χ3v) is 5.15. The molecule has 2 unspecified atom stereocenters. The van der Waals surface area contributed by atoms with Crippen LogP contribution in [0.15, 0.2) is 48.7 Å². The van der Waals surface area contributed by atoms with Gasteiger partial charge in [0.05, 0.1) is 18.2 Å².